The SMILES string of the molecule is C[C@@H](CN1CCOCC1)C(C(=O)Nc1cc(C(F)(F)F)cc(C(F)(F)F)c1)(c1ccccc1)c1ccccc1. The summed E-state index contributed by atoms with van der Waals surface area (Å²) in [6, 6.07) is 18.6. The molecule has 0 aliphatic carbocycles. The minimum atomic E-state index is -5.04. The van der Waals surface area contributed by atoms with E-state index in [1.54, 1.807) is 60.7 Å². The number of nitrogens with zero attached hydrogens (tertiary/aromatic N) is 1. The van der Waals surface area contributed by atoms with Crippen molar-refractivity contribution in [2.24, 2.45) is 5.92 Å². The monoisotopic (exact) mass is 550 g/mol. The van der Waals surface area contributed by atoms with Gasteiger partial charge in [0.05, 0.1) is 24.3 Å². The van der Waals surface area contributed by atoms with Crippen LogP contribution in [0.15, 0.2) is 78.9 Å². The summed E-state index contributed by atoms with van der Waals surface area (Å²) < 4.78 is 86.6. The summed E-state index contributed by atoms with van der Waals surface area (Å²) in [4.78, 5) is 16.5. The average Bonchev–Trinajstić information content (AvgIpc) is 2.90. The fourth-order valence-electron chi connectivity index (χ4n) is 5.19. The first-order valence-corrected chi connectivity index (χ1v) is 12.4. The van der Waals surface area contributed by atoms with E-state index in [1.165, 1.54) is 0 Å². The first kappa shape index (κ1) is 28.6. The number of hydrogen-bond donors (Lipinski definition) is 1. The van der Waals surface area contributed by atoms with E-state index in [4.69, 9.17) is 4.74 Å². The van der Waals surface area contributed by atoms with Crippen LogP contribution >= 0.6 is 0 Å². The summed E-state index contributed by atoms with van der Waals surface area (Å²) in [7, 11) is 0. The lowest BCUT2D eigenvalue weighted by atomic mass is 9.65. The molecule has 1 atom stereocenters. The highest BCUT2D eigenvalue weighted by Gasteiger charge is 2.47. The number of amides is 1. The highest BCUT2D eigenvalue weighted by molar-refractivity contribution is 6.02. The molecule has 1 aliphatic rings. The Balaban J connectivity index is 1.86. The fraction of sp³-hybridized carbons (Fsp3) is 0.345. The molecular formula is C29H28F6N2O2. The van der Waals surface area contributed by atoms with Gasteiger partial charge in [0, 0.05) is 25.3 Å². The molecule has 208 valence electrons. The predicted molar refractivity (Wildman–Crippen MR) is 135 cm³/mol. The summed E-state index contributed by atoms with van der Waals surface area (Å²) in [5.74, 6) is -1.17. The molecule has 0 saturated carbocycles. The van der Waals surface area contributed by atoms with E-state index in [1.807, 2.05) is 6.92 Å². The van der Waals surface area contributed by atoms with Gasteiger partial charge in [-0.05, 0) is 35.2 Å². The Morgan fingerprint density at radius 1 is 0.795 bits per heavy atom. The standard InChI is InChI=1S/C29H28F6N2O2/c1-20(19-37-12-14-39-15-13-37)27(21-8-4-2-5-9-21,22-10-6-3-7-11-22)26(38)36-25-17-23(28(30,31)32)16-24(18-25)29(33,34)35/h2-11,16-18,20H,12-15,19H2,1H3,(H,36,38)/t20-/m0/s1. The second kappa shape index (κ2) is 11.4. The zero-order chi connectivity index (χ0) is 28.3. The van der Waals surface area contributed by atoms with Crippen LogP contribution in [0.25, 0.3) is 0 Å². The van der Waals surface area contributed by atoms with Crippen LogP contribution in [0.3, 0.4) is 0 Å². The number of rotatable bonds is 7. The molecule has 0 bridgehead atoms. The Labute approximate surface area is 222 Å². The lowest BCUT2D eigenvalue weighted by Crippen LogP contribution is -2.51. The van der Waals surface area contributed by atoms with Crippen molar-refractivity contribution in [2.45, 2.75) is 24.7 Å². The molecule has 3 aromatic carbocycles. The smallest absolute Gasteiger partial charge is 0.379 e. The lowest BCUT2D eigenvalue weighted by molar-refractivity contribution is -0.143. The van der Waals surface area contributed by atoms with Crippen molar-refractivity contribution >= 4 is 11.6 Å². The maximum atomic E-state index is 14.3. The van der Waals surface area contributed by atoms with Gasteiger partial charge in [0.25, 0.3) is 0 Å². The van der Waals surface area contributed by atoms with Gasteiger partial charge in [-0.25, -0.2) is 0 Å². The van der Waals surface area contributed by atoms with Crippen LogP contribution in [0.1, 0.15) is 29.2 Å². The maximum Gasteiger partial charge on any atom is 0.416 e. The average molecular weight is 551 g/mol. The molecule has 0 unspecified atom stereocenters. The second-order valence-electron chi connectivity index (χ2n) is 9.60. The van der Waals surface area contributed by atoms with Gasteiger partial charge in [-0.2, -0.15) is 26.3 Å². The van der Waals surface area contributed by atoms with Gasteiger partial charge < -0.3 is 10.1 Å². The van der Waals surface area contributed by atoms with Crippen LogP contribution in [-0.4, -0.2) is 43.7 Å². The topological polar surface area (TPSA) is 41.6 Å². The zero-order valence-electron chi connectivity index (χ0n) is 21.1. The van der Waals surface area contributed by atoms with Gasteiger partial charge in [0.1, 0.15) is 5.41 Å². The van der Waals surface area contributed by atoms with E-state index in [0.717, 1.165) is 0 Å². The highest BCUT2D eigenvalue weighted by Crippen LogP contribution is 2.43. The number of halogens is 6. The highest BCUT2D eigenvalue weighted by atomic mass is 19.4. The number of anilines is 1. The zero-order valence-corrected chi connectivity index (χ0v) is 21.1. The van der Waals surface area contributed by atoms with Crippen molar-refractivity contribution in [1.29, 1.82) is 0 Å². The summed E-state index contributed by atoms with van der Waals surface area (Å²) in [5, 5.41) is 2.44. The van der Waals surface area contributed by atoms with Crippen LogP contribution in [0.4, 0.5) is 32.0 Å². The molecule has 1 heterocycles. The van der Waals surface area contributed by atoms with Crippen molar-refractivity contribution in [2.75, 3.05) is 38.2 Å². The van der Waals surface area contributed by atoms with E-state index in [-0.39, 0.29) is 6.07 Å². The third-order valence-corrected chi connectivity index (χ3v) is 7.04. The van der Waals surface area contributed by atoms with Crippen molar-refractivity contribution in [3.05, 3.63) is 101 Å². The number of ether oxygens (including phenoxy) is 1. The molecule has 1 amide bonds. The maximum absolute atomic E-state index is 14.3. The number of carbonyl (C=O) groups is 1. The Morgan fingerprint density at radius 3 is 1.69 bits per heavy atom. The number of benzene rings is 3. The molecule has 0 radical (unpaired) electrons. The summed E-state index contributed by atoms with van der Waals surface area (Å²) in [6.45, 7) is 4.61. The minimum Gasteiger partial charge on any atom is -0.379 e. The fourth-order valence-corrected chi connectivity index (χ4v) is 5.19. The van der Waals surface area contributed by atoms with Crippen molar-refractivity contribution in [3.63, 3.8) is 0 Å². The molecule has 39 heavy (non-hydrogen) atoms. The normalized spacial score (nSPS) is 16.1. The van der Waals surface area contributed by atoms with E-state index in [9.17, 15) is 31.1 Å². The van der Waals surface area contributed by atoms with Crippen molar-refractivity contribution in [1.82, 2.24) is 4.90 Å². The quantitative estimate of drug-likeness (QED) is 0.337. The lowest BCUT2D eigenvalue weighted by Gasteiger charge is -2.41. The van der Waals surface area contributed by atoms with Crippen LogP contribution < -0.4 is 5.32 Å². The molecule has 10 heteroatoms. The molecule has 0 spiro atoms. The Hall–Kier alpha value is -3.37. The van der Waals surface area contributed by atoms with Crippen LogP contribution in [0, 0.1) is 5.92 Å². The predicted octanol–water partition coefficient (Wildman–Crippen LogP) is 6.62. The molecule has 0 aromatic heterocycles. The number of alkyl halides is 6. The van der Waals surface area contributed by atoms with Crippen molar-refractivity contribution in [3.8, 4) is 0 Å². The van der Waals surface area contributed by atoms with Gasteiger partial charge in [-0.1, -0.05) is 67.6 Å². The molecule has 1 fully saturated rings. The van der Waals surface area contributed by atoms with Gasteiger partial charge in [0.15, 0.2) is 0 Å². The van der Waals surface area contributed by atoms with Gasteiger partial charge >= 0.3 is 12.4 Å². The summed E-state index contributed by atoms with van der Waals surface area (Å²) in [5.41, 5.74) is -3.89. The van der Waals surface area contributed by atoms with E-state index in [2.05, 4.69) is 10.2 Å². The molecule has 1 N–H and O–H groups in total. The Bertz CT molecular complexity index is 1180. The van der Waals surface area contributed by atoms with Crippen LogP contribution in [-0.2, 0) is 27.3 Å². The first-order valence-electron chi connectivity index (χ1n) is 12.4. The third kappa shape index (κ3) is 6.28. The molecule has 1 aliphatic heterocycles. The molecule has 4 rings (SSSR count). The van der Waals surface area contributed by atoms with Crippen LogP contribution in [0.5, 0.6) is 0 Å². The molecule has 3 aromatic rings. The van der Waals surface area contributed by atoms with Gasteiger partial charge in [0.2, 0.25) is 5.91 Å². The third-order valence-electron chi connectivity index (χ3n) is 7.04. The van der Waals surface area contributed by atoms with Crippen molar-refractivity contribution < 1.29 is 35.9 Å². The molecular weight excluding hydrogens is 522 g/mol. The van der Waals surface area contributed by atoms with Gasteiger partial charge in [-0.15, -0.1) is 0 Å². The number of carbonyl (C=O) groups excluding carboxylic acids is 1. The Morgan fingerprint density at radius 2 is 1.26 bits per heavy atom. The number of morpholine rings is 1. The van der Waals surface area contributed by atoms with E-state index in [0.29, 0.717) is 56.1 Å². The molecule has 4 nitrogen and oxygen atoms in total. The largest absolute Gasteiger partial charge is 0.416 e. The van der Waals surface area contributed by atoms with E-state index < -0.39 is 46.4 Å². The summed E-state index contributed by atoms with van der Waals surface area (Å²) in [6.07, 6.45) is -10.1. The summed E-state index contributed by atoms with van der Waals surface area (Å²) >= 11 is 0. The van der Waals surface area contributed by atoms with Gasteiger partial charge in [-0.3, -0.25) is 9.69 Å². The minimum absolute atomic E-state index is 0.0400. The second-order valence-corrected chi connectivity index (χ2v) is 9.60. The number of hydrogen-bond acceptors (Lipinski definition) is 3. The first-order chi connectivity index (χ1) is 18.4. The number of nitrogens with one attached hydrogen (secondary N) is 1. The Kier molecular flexibility index (Phi) is 8.37. The van der Waals surface area contributed by atoms with E-state index >= 15 is 0 Å². The van der Waals surface area contributed by atoms with Crippen LogP contribution in [0.2, 0.25) is 0 Å². The molecule has 1 saturated heterocycles.